The zero-order valence-electron chi connectivity index (χ0n) is 7.66. The number of nitrogens with zero attached hydrogens (tertiary/aromatic N) is 2. The third kappa shape index (κ3) is 2.07. The molecule has 1 aromatic heterocycles. The number of rotatable bonds is 2. The molecule has 0 aliphatic carbocycles. The van der Waals surface area contributed by atoms with Gasteiger partial charge in [0.25, 0.3) is 6.43 Å². The lowest BCUT2D eigenvalue weighted by Gasteiger charge is -2.06. The molecule has 1 heterocycles. The molecular weight excluding hydrogens is 206 g/mol. The van der Waals surface area contributed by atoms with E-state index in [9.17, 15) is 13.6 Å². The van der Waals surface area contributed by atoms with Crippen molar-refractivity contribution in [2.45, 2.75) is 13.3 Å². The first-order chi connectivity index (χ1) is 6.97. The van der Waals surface area contributed by atoms with Crippen LogP contribution < -0.4 is 0 Å². The largest absolute Gasteiger partial charge is 0.476 e. The average Bonchev–Trinajstić information content (AvgIpc) is 2.16. The van der Waals surface area contributed by atoms with Crippen LogP contribution in [0, 0.1) is 18.3 Å². The van der Waals surface area contributed by atoms with Gasteiger partial charge < -0.3 is 5.11 Å². The molecule has 0 fully saturated rings. The van der Waals surface area contributed by atoms with Crippen LogP contribution in [0.5, 0.6) is 0 Å². The molecule has 0 aromatic carbocycles. The van der Waals surface area contributed by atoms with Gasteiger partial charge >= 0.3 is 5.97 Å². The highest BCUT2D eigenvalue weighted by atomic mass is 19.3. The van der Waals surface area contributed by atoms with Crippen LogP contribution in [-0.4, -0.2) is 16.1 Å². The minimum atomic E-state index is -2.92. The van der Waals surface area contributed by atoms with Gasteiger partial charge in [-0.15, -0.1) is 0 Å². The Hall–Kier alpha value is -2.03. The molecule has 0 aliphatic heterocycles. The van der Waals surface area contributed by atoms with Crippen molar-refractivity contribution in [3.63, 3.8) is 0 Å². The highest BCUT2D eigenvalue weighted by Gasteiger charge is 2.21. The minimum Gasteiger partial charge on any atom is -0.476 e. The van der Waals surface area contributed by atoms with Crippen molar-refractivity contribution in [2.75, 3.05) is 0 Å². The third-order valence-electron chi connectivity index (χ3n) is 1.79. The molecule has 0 amide bonds. The van der Waals surface area contributed by atoms with E-state index in [1.54, 1.807) is 6.07 Å². The number of hydrogen-bond acceptors (Lipinski definition) is 3. The third-order valence-corrected chi connectivity index (χ3v) is 1.79. The Kier molecular flexibility index (Phi) is 2.95. The Bertz CT molecular complexity index is 452. The summed E-state index contributed by atoms with van der Waals surface area (Å²) in [6.07, 6.45) is -2.92. The van der Waals surface area contributed by atoms with E-state index in [0.717, 1.165) is 6.07 Å². The molecular formula is C9H6F2N2O2. The van der Waals surface area contributed by atoms with E-state index in [-0.39, 0.29) is 11.3 Å². The second-order valence-corrected chi connectivity index (χ2v) is 2.81. The van der Waals surface area contributed by atoms with E-state index in [4.69, 9.17) is 10.4 Å². The first-order valence-electron chi connectivity index (χ1n) is 3.90. The molecule has 15 heavy (non-hydrogen) atoms. The Morgan fingerprint density at radius 3 is 2.67 bits per heavy atom. The van der Waals surface area contributed by atoms with Crippen molar-refractivity contribution >= 4 is 5.97 Å². The van der Waals surface area contributed by atoms with Crippen molar-refractivity contribution < 1.29 is 18.7 Å². The van der Waals surface area contributed by atoms with Crippen LogP contribution in [0.3, 0.4) is 0 Å². The van der Waals surface area contributed by atoms with Crippen molar-refractivity contribution in [2.24, 2.45) is 0 Å². The zero-order valence-corrected chi connectivity index (χ0v) is 7.66. The first-order valence-corrected chi connectivity index (χ1v) is 3.90. The number of carboxylic acids is 1. The molecule has 6 heteroatoms. The van der Waals surface area contributed by atoms with E-state index < -0.39 is 23.7 Å². The maximum atomic E-state index is 12.4. The number of carboxylic acid groups (broad SMARTS) is 1. The van der Waals surface area contributed by atoms with Crippen molar-refractivity contribution in [1.82, 2.24) is 4.98 Å². The standard InChI is InChI=1S/C9H6F2N2O2/c1-4-2-5(8(10)11)7(9(14)15)13-6(4)3-12/h2,8H,1H3,(H,14,15). The Morgan fingerprint density at radius 1 is 1.67 bits per heavy atom. The molecule has 0 atom stereocenters. The van der Waals surface area contributed by atoms with Crippen LogP contribution in [0.1, 0.15) is 33.7 Å². The second kappa shape index (κ2) is 4.00. The summed E-state index contributed by atoms with van der Waals surface area (Å²) in [5.41, 5.74) is -1.36. The van der Waals surface area contributed by atoms with E-state index in [1.807, 2.05) is 0 Å². The summed E-state index contributed by atoms with van der Waals surface area (Å²) in [5.74, 6) is -1.57. The maximum absolute atomic E-state index is 12.4. The minimum absolute atomic E-state index is 0.156. The molecule has 0 saturated heterocycles. The normalized spacial score (nSPS) is 10.1. The van der Waals surface area contributed by atoms with Crippen LogP contribution in [0.15, 0.2) is 6.07 Å². The number of hydrogen-bond donors (Lipinski definition) is 1. The maximum Gasteiger partial charge on any atom is 0.355 e. The van der Waals surface area contributed by atoms with Crippen molar-refractivity contribution in [1.29, 1.82) is 5.26 Å². The van der Waals surface area contributed by atoms with Gasteiger partial charge in [0.05, 0.1) is 5.56 Å². The van der Waals surface area contributed by atoms with Gasteiger partial charge in [0.2, 0.25) is 0 Å². The topological polar surface area (TPSA) is 74.0 Å². The molecule has 0 aliphatic rings. The van der Waals surface area contributed by atoms with E-state index >= 15 is 0 Å². The fourth-order valence-corrected chi connectivity index (χ4v) is 1.09. The zero-order chi connectivity index (χ0) is 11.6. The lowest BCUT2D eigenvalue weighted by Crippen LogP contribution is -2.08. The van der Waals surface area contributed by atoms with Crippen LogP contribution in [0.25, 0.3) is 0 Å². The second-order valence-electron chi connectivity index (χ2n) is 2.81. The highest BCUT2D eigenvalue weighted by molar-refractivity contribution is 5.87. The monoisotopic (exact) mass is 212 g/mol. The van der Waals surface area contributed by atoms with Crippen LogP contribution in [0.2, 0.25) is 0 Å². The number of halogens is 2. The smallest absolute Gasteiger partial charge is 0.355 e. The summed E-state index contributed by atoms with van der Waals surface area (Å²) in [7, 11) is 0. The Labute approximate surface area is 83.8 Å². The fraction of sp³-hybridized carbons (Fsp3) is 0.222. The molecule has 1 rings (SSSR count). The Balaban J connectivity index is 3.47. The number of carbonyl (C=O) groups is 1. The molecule has 4 nitrogen and oxygen atoms in total. The number of pyridine rings is 1. The van der Waals surface area contributed by atoms with Crippen LogP contribution in [0.4, 0.5) is 8.78 Å². The van der Waals surface area contributed by atoms with Crippen LogP contribution >= 0.6 is 0 Å². The molecule has 0 unspecified atom stereocenters. The summed E-state index contributed by atoms with van der Waals surface area (Å²) in [5, 5.41) is 17.2. The van der Waals surface area contributed by atoms with Gasteiger partial charge in [0.1, 0.15) is 11.8 Å². The van der Waals surface area contributed by atoms with Gasteiger partial charge in [-0.05, 0) is 18.6 Å². The van der Waals surface area contributed by atoms with Crippen molar-refractivity contribution in [3.05, 3.63) is 28.6 Å². The highest BCUT2D eigenvalue weighted by Crippen LogP contribution is 2.23. The summed E-state index contributed by atoms with van der Waals surface area (Å²) in [6, 6.07) is 2.61. The number of aromatic nitrogens is 1. The summed E-state index contributed by atoms with van der Waals surface area (Å²) >= 11 is 0. The average molecular weight is 212 g/mol. The number of alkyl halides is 2. The quantitative estimate of drug-likeness (QED) is 0.812. The van der Waals surface area contributed by atoms with Gasteiger partial charge in [-0.2, -0.15) is 5.26 Å². The van der Waals surface area contributed by atoms with Crippen molar-refractivity contribution in [3.8, 4) is 6.07 Å². The summed E-state index contributed by atoms with van der Waals surface area (Å²) in [4.78, 5) is 14.0. The number of nitriles is 1. The fourth-order valence-electron chi connectivity index (χ4n) is 1.09. The molecule has 0 radical (unpaired) electrons. The van der Waals surface area contributed by atoms with E-state index in [0.29, 0.717) is 0 Å². The Morgan fingerprint density at radius 2 is 2.27 bits per heavy atom. The predicted octanol–water partition coefficient (Wildman–Crippen LogP) is 1.90. The van der Waals surface area contributed by atoms with Gasteiger partial charge in [0, 0.05) is 0 Å². The molecule has 78 valence electrons. The lowest BCUT2D eigenvalue weighted by molar-refractivity contribution is 0.0677. The van der Waals surface area contributed by atoms with Crippen LogP contribution in [-0.2, 0) is 0 Å². The summed E-state index contributed by atoms with van der Waals surface area (Å²) < 4.78 is 24.8. The lowest BCUT2D eigenvalue weighted by atomic mass is 10.1. The van der Waals surface area contributed by atoms with Gasteiger partial charge in [0.15, 0.2) is 5.69 Å². The van der Waals surface area contributed by atoms with E-state index in [1.165, 1.54) is 6.92 Å². The first kappa shape index (κ1) is 11.0. The summed E-state index contributed by atoms with van der Waals surface area (Å²) in [6.45, 7) is 1.42. The molecule has 1 aromatic rings. The van der Waals surface area contributed by atoms with Gasteiger partial charge in [-0.1, -0.05) is 0 Å². The molecule has 0 spiro atoms. The van der Waals surface area contributed by atoms with Gasteiger partial charge in [-0.3, -0.25) is 0 Å². The molecule has 1 N–H and O–H groups in total. The number of aryl methyl sites for hydroxylation is 1. The predicted molar refractivity (Wildman–Crippen MR) is 45.6 cm³/mol. The molecule has 0 bridgehead atoms. The SMILES string of the molecule is Cc1cc(C(F)F)c(C(=O)O)nc1C#N. The van der Waals surface area contributed by atoms with Gasteiger partial charge in [-0.25, -0.2) is 18.6 Å². The molecule has 0 saturated carbocycles. The number of aromatic carboxylic acids is 1. The van der Waals surface area contributed by atoms with E-state index in [2.05, 4.69) is 4.98 Å².